The number of thiophene rings is 1. The minimum Gasteiger partial charge on any atom is -0.462 e. The molecule has 0 aliphatic carbocycles. The predicted octanol–water partition coefficient (Wildman–Crippen LogP) is 2.83. The number of ether oxygens (including phenoxy) is 1. The molecule has 1 amide bonds. The smallest absolute Gasteiger partial charge is 0.341 e. The zero-order chi connectivity index (χ0) is 16.3. The van der Waals surface area contributed by atoms with E-state index in [9.17, 15) is 9.59 Å². The fraction of sp³-hybridized carbons (Fsp3) is 0.625. The molecule has 2 rings (SSSR count). The Morgan fingerprint density at radius 2 is 2.00 bits per heavy atom. The number of anilines is 1. The lowest BCUT2D eigenvalue weighted by atomic mass is 9.98. The van der Waals surface area contributed by atoms with Gasteiger partial charge in [0, 0.05) is 17.3 Å². The van der Waals surface area contributed by atoms with E-state index in [0.29, 0.717) is 36.7 Å². The summed E-state index contributed by atoms with van der Waals surface area (Å²) in [5.41, 5.74) is 7.48. The van der Waals surface area contributed by atoms with Gasteiger partial charge in [0.25, 0.3) is 0 Å². The molecule has 2 heterocycles. The number of carbonyl (C=O) groups excluding carboxylic acids is 2. The van der Waals surface area contributed by atoms with E-state index in [0.717, 1.165) is 23.3 Å². The second-order valence-corrected chi connectivity index (χ2v) is 6.62. The summed E-state index contributed by atoms with van der Waals surface area (Å²) in [6, 6.07) is 0. The summed E-state index contributed by atoms with van der Waals surface area (Å²) in [7, 11) is 0. The topological polar surface area (TPSA) is 72.6 Å². The van der Waals surface area contributed by atoms with E-state index in [1.807, 2.05) is 18.7 Å². The first kappa shape index (κ1) is 16.8. The normalized spacial score (nSPS) is 14.1. The number of amides is 1. The van der Waals surface area contributed by atoms with Crippen LogP contribution in [0.3, 0.4) is 0 Å². The molecular formula is C16H24N2O3S. The van der Waals surface area contributed by atoms with Crippen molar-refractivity contribution in [2.24, 2.45) is 5.92 Å². The molecule has 1 aliphatic rings. The van der Waals surface area contributed by atoms with Gasteiger partial charge in [0.05, 0.1) is 18.7 Å². The molecule has 0 spiro atoms. The molecule has 0 fully saturated rings. The minimum atomic E-state index is -0.350. The molecule has 1 aromatic rings. The highest BCUT2D eigenvalue weighted by Gasteiger charge is 2.31. The fourth-order valence-electron chi connectivity index (χ4n) is 2.94. The number of nitrogens with two attached hydrogens (primary N) is 1. The maximum atomic E-state index is 12.5. The molecule has 22 heavy (non-hydrogen) atoms. The van der Waals surface area contributed by atoms with Crippen LogP contribution >= 0.6 is 11.3 Å². The largest absolute Gasteiger partial charge is 0.462 e. The highest BCUT2D eigenvalue weighted by molar-refractivity contribution is 7.16. The lowest BCUT2D eigenvalue weighted by molar-refractivity contribution is -0.136. The maximum absolute atomic E-state index is 12.5. The number of nitrogens with zero attached hydrogens (tertiary/aromatic N) is 1. The Kier molecular flexibility index (Phi) is 5.45. The summed E-state index contributed by atoms with van der Waals surface area (Å²) in [6.07, 6.45) is 2.39. The predicted molar refractivity (Wildman–Crippen MR) is 87.9 cm³/mol. The summed E-state index contributed by atoms with van der Waals surface area (Å²) >= 11 is 1.40. The van der Waals surface area contributed by atoms with Crippen LogP contribution in [-0.4, -0.2) is 29.9 Å². The molecular weight excluding hydrogens is 300 g/mol. The molecule has 5 nitrogen and oxygen atoms in total. The number of carbonyl (C=O) groups is 2. The highest BCUT2D eigenvalue weighted by atomic mass is 32.1. The van der Waals surface area contributed by atoms with Crippen LogP contribution < -0.4 is 5.73 Å². The highest BCUT2D eigenvalue weighted by Crippen LogP contribution is 2.36. The van der Waals surface area contributed by atoms with Gasteiger partial charge in [-0.25, -0.2) is 4.79 Å². The van der Waals surface area contributed by atoms with Crippen LogP contribution in [0.2, 0.25) is 0 Å². The van der Waals surface area contributed by atoms with Gasteiger partial charge in [0.1, 0.15) is 5.00 Å². The Morgan fingerprint density at radius 1 is 1.32 bits per heavy atom. The van der Waals surface area contributed by atoms with E-state index in [1.54, 1.807) is 6.92 Å². The van der Waals surface area contributed by atoms with Crippen LogP contribution in [0.15, 0.2) is 0 Å². The van der Waals surface area contributed by atoms with Crippen molar-refractivity contribution in [1.82, 2.24) is 4.90 Å². The zero-order valence-corrected chi connectivity index (χ0v) is 14.3. The van der Waals surface area contributed by atoms with Crippen LogP contribution in [0.4, 0.5) is 5.00 Å². The van der Waals surface area contributed by atoms with Crippen LogP contribution in [0.25, 0.3) is 0 Å². The lowest BCUT2D eigenvalue weighted by Crippen LogP contribution is -2.39. The van der Waals surface area contributed by atoms with Crippen LogP contribution in [0.5, 0.6) is 0 Å². The summed E-state index contributed by atoms with van der Waals surface area (Å²) < 4.78 is 5.09. The fourth-order valence-corrected chi connectivity index (χ4v) is 4.06. The molecule has 0 aromatic carbocycles. The van der Waals surface area contributed by atoms with Crippen molar-refractivity contribution < 1.29 is 14.3 Å². The van der Waals surface area contributed by atoms with Gasteiger partial charge in [0.2, 0.25) is 5.91 Å². The first-order chi connectivity index (χ1) is 10.5. The lowest BCUT2D eigenvalue weighted by Gasteiger charge is -2.30. The maximum Gasteiger partial charge on any atom is 0.341 e. The molecule has 0 atom stereocenters. The van der Waals surface area contributed by atoms with E-state index < -0.39 is 0 Å². The number of rotatable bonds is 5. The Balaban J connectivity index is 2.20. The Morgan fingerprint density at radius 3 is 2.59 bits per heavy atom. The van der Waals surface area contributed by atoms with Crippen LogP contribution in [0, 0.1) is 5.92 Å². The molecule has 1 aromatic heterocycles. The summed E-state index contributed by atoms with van der Waals surface area (Å²) in [5.74, 6) is -0.0547. The van der Waals surface area contributed by atoms with Crippen molar-refractivity contribution >= 4 is 28.2 Å². The van der Waals surface area contributed by atoms with E-state index >= 15 is 0 Å². The molecule has 0 unspecified atom stereocenters. The average molecular weight is 324 g/mol. The third-order valence-corrected chi connectivity index (χ3v) is 5.26. The summed E-state index contributed by atoms with van der Waals surface area (Å²) in [6.45, 7) is 7.40. The molecule has 6 heteroatoms. The molecule has 1 aliphatic heterocycles. The van der Waals surface area contributed by atoms with Gasteiger partial charge in [-0.2, -0.15) is 0 Å². The zero-order valence-electron chi connectivity index (χ0n) is 13.5. The SMILES string of the molecule is CCOC(=O)c1c(N)sc2c1CCN(C(=O)C(CC)CC)C2. The van der Waals surface area contributed by atoms with Crippen molar-refractivity contribution in [3.05, 3.63) is 16.0 Å². The number of hydrogen-bond acceptors (Lipinski definition) is 5. The Bertz CT molecular complexity index is 564. The van der Waals surface area contributed by atoms with Gasteiger partial charge < -0.3 is 15.4 Å². The van der Waals surface area contributed by atoms with Crippen molar-refractivity contribution in [3.8, 4) is 0 Å². The summed E-state index contributed by atoms with van der Waals surface area (Å²) in [5, 5.41) is 0.500. The number of esters is 1. The first-order valence-corrected chi connectivity index (χ1v) is 8.70. The van der Waals surface area contributed by atoms with Crippen molar-refractivity contribution in [2.45, 2.75) is 46.6 Å². The van der Waals surface area contributed by atoms with E-state index in [4.69, 9.17) is 10.5 Å². The second-order valence-electron chi connectivity index (χ2n) is 5.49. The van der Waals surface area contributed by atoms with Crippen LogP contribution in [-0.2, 0) is 22.5 Å². The third kappa shape index (κ3) is 3.11. The minimum absolute atomic E-state index is 0.0865. The number of nitrogen functional groups attached to an aromatic ring is 1. The molecule has 0 radical (unpaired) electrons. The Labute approximate surface area is 135 Å². The first-order valence-electron chi connectivity index (χ1n) is 7.89. The number of fused-ring (bicyclic) bond motifs is 1. The van der Waals surface area contributed by atoms with E-state index in [1.165, 1.54) is 11.3 Å². The van der Waals surface area contributed by atoms with Gasteiger partial charge >= 0.3 is 5.97 Å². The second kappa shape index (κ2) is 7.13. The number of hydrogen-bond donors (Lipinski definition) is 1. The van der Waals surface area contributed by atoms with Crippen molar-refractivity contribution in [3.63, 3.8) is 0 Å². The van der Waals surface area contributed by atoms with Crippen molar-refractivity contribution in [1.29, 1.82) is 0 Å². The average Bonchev–Trinajstić information content (AvgIpc) is 2.83. The monoisotopic (exact) mass is 324 g/mol. The standard InChI is InChI=1S/C16H24N2O3S/c1-4-10(5-2)15(19)18-8-7-11-12(9-18)22-14(17)13(11)16(20)21-6-3/h10H,4-9,17H2,1-3H3. The van der Waals surface area contributed by atoms with Crippen molar-refractivity contribution in [2.75, 3.05) is 18.9 Å². The molecule has 0 bridgehead atoms. The molecule has 2 N–H and O–H groups in total. The molecule has 0 saturated heterocycles. The van der Waals surface area contributed by atoms with Gasteiger partial charge in [-0.3, -0.25) is 4.79 Å². The van der Waals surface area contributed by atoms with Gasteiger partial charge in [0.15, 0.2) is 0 Å². The molecule has 0 saturated carbocycles. The summed E-state index contributed by atoms with van der Waals surface area (Å²) in [4.78, 5) is 27.5. The quantitative estimate of drug-likeness (QED) is 0.845. The van der Waals surface area contributed by atoms with Gasteiger partial charge in [-0.15, -0.1) is 11.3 Å². The van der Waals surface area contributed by atoms with Gasteiger partial charge in [-0.05, 0) is 31.7 Å². The van der Waals surface area contributed by atoms with Crippen LogP contribution in [0.1, 0.15) is 54.4 Å². The molecule has 122 valence electrons. The van der Waals surface area contributed by atoms with Gasteiger partial charge in [-0.1, -0.05) is 13.8 Å². The van der Waals surface area contributed by atoms with E-state index in [-0.39, 0.29) is 17.8 Å². The third-order valence-electron chi connectivity index (χ3n) is 4.21. The Hall–Kier alpha value is -1.56. The van der Waals surface area contributed by atoms with E-state index in [2.05, 4.69) is 0 Å².